The minimum atomic E-state index is 0.239. The predicted octanol–water partition coefficient (Wildman–Crippen LogP) is 5.13. The van der Waals surface area contributed by atoms with E-state index in [1.54, 1.807) is 6.07 Å². The maximum Gasteiger partial charge on any atom is 0.139 e. The molecule has 2 N–H and O–H groups in total. The number of aryl methyl sites for hydroxylation is 2. The number of aromatic nitrogens is 4. The van der Waals surface area contributed by atoms with Crippen LogP contribution in [0.2, 0.25) is 0 Å². The van der Waals surface area contributed by atoms with Gasteiger partial charge in [0.2, 0.25) is 0 Å². The quantitative estimate of drug-likeness (QED) is 0.399. The molecule has 4 heterocycles. The van der Waals surface area contributed by atoms with Gasteiger partial charge in [-0.05, 0) is 66.4 Å². The molecule has 0 aliphatic carbocycles. The molecule has 6 rings (SSSR count). The highest BCUT2D eigenvalue weighted by Crippen LogP contribution is 2.39. The summed E-state index contributed by atoms with van der Waals surface area (Å²) >= 11 is 0. The Morgan fingerprint density at radius 3 is 2.44 bits per heavy atom. The van der Waals surface area contributed by atoms with Gasteiger partial charge in [0.25, 0.3) is 0 Å². The number of benzene rings is 2. The van der Waals surface area contributed by atoms with Gasteiger partial charge in [0.1, 0.15) is 11.4 Å². The lowest BCUT2D eigenvalue weighted by Crippen LogP contribution is -2.40. The second kappa shape index (κ2) is 8.08. The molecule has 2 aromatic carbocycles. The number of fused-ring (bicyclic) bond motifs is 1. The highest BCUT2D eigenvalue weighted by Gasteiger charge is 2.21. The van der Waals surface area contributed by atoms with Crippen LogP contribution in [0.3, 0.4) is 0 Å². The van der Waals surface area contributed by atoms with Crippen LogP contribution in [0.1, 0.15) is 22.9 Å². The number of pyridine rings is 1. The van der Waals surface area contributed by atoms with E-state index in [1.165, 1.54) is 0 Å². The number of para-hydroxylation sites is 1. The molecule has 0 unspecified atom stereocenters. The third-order valence-corrected chi connectivity index (χ3v) is 6.56. The maximum atomic E-state index is 10.7. The second-order valence-corrected chi connectivity index (χ2v) is 9.00. The zero-order valence-corrected chi connectivity index (χ0v) is 19.2. The Labute approximate surface area is 198 Å². The molecule has 6 heteroatoms. The maximum absolute atomic E-state index is 10.7. The van der Waals surface area contributed by atoms with Crippen molar-refractivity contribution in [2.75, 3.05) is 13.1 Å². The Hall–Kier alpha value is -4.03. The first kappa shape index (κ1) is 20.6. The first-order chi connectivity index (χ1) is 16.6. The lowest BCUT2D eigenvalue weighted by atomic mass is 9.92. The summed E-state index contributed by atoms with van der Waals surface area (Å²) in [5.74, 6) is 0.675. The van der Waals surface area contributed by atoms with Crippen LogP contribution in [0.5, 0.6) is 5.75 Å². The average molecular weight is 448 g/mol. The number of hydrogen-bond donors (Lipinski definition) is 2. The second-order valence-electron chi connectivity index (χ2n) is 9.00. The molecule has 3 aromatic heterocycles. The van der Waals surface area contributed by atoms with Gasteiger partial charge in [-0.3, -0.25) is 0 Å². The normalized spacial score (nSPS) is 13.8. The molecule has 5 aromatic rings. The fourth-order valence-corrected chi connectivity index (χ4v) is 4.62. The van der Waals surface area contributed by atoms with Crippen molar-refractivity contribution in [3.05, 3.63) is 90.0 Å². The summed E-state index contributed by atoms with van der Waals surface area (Å²) in [5, 5.41) is 23.0. The zero-order valence-electron chi connectivity index (χ0n) is 19.2. The van der Waals surface area contributed by atoms with Gasteiger partial charge in [-0.25, -0.2) is 4.98 Å². The molecule has 0 saturated carbocycles. The van der Waals surface area contributed by atoms with Crippen LogP contribution in [0, 0.1) is 13.8 Å². The number of aromatic hydroxyl groups is 1. The highest BCUT2D eigenvalue weighted by atomic mass is 16.3. The Balaban J connectivity index is 1.50. The number of phenols is 1. The molecule has 6 nitrogen and oxygen atoms in total. The SMILES string of the molecule is Cc1cn2cc(-c3ccc(-c4ccc(C5CNC5)nn4)c(-c4ccccc4O)c3)cc(C)c2n1. The van der Waals surface area contributed by atoms with Gasteiger partial charge in [-0.1, -0.05) is 30.3 Å². The Bertz CT molecular complexity index is 1520. The molecule has 1 fully saturated rings. The molecule has 1 aliphatic heterocycles. The van der Waals surface area contributed by atoms with E-state index in [0.717, 1.165) is 69.2 Å². The van der Waals surface area contributed by atoms with E-state index < -0.39 is 0 Å². The van der Waals surface area contributed by atoms with Gasteiger partial charge in [0.05, 0.1) is 17.1 Å². The summed E-state index contributed by atoms with van der Waals surface area (Å²) in [7, 11) is 0. The molecule has 0 atom stereocenters. The van der Waals surface area contributed by atoms with Gasteiger partial charge in [-0.15, -0.1) is 0 Å². The fourth-order valence-electron chi connectivity index (χ4n) is 4.62. The van der Waals surface area contributed by atoms with Crippen LogP contribution in [0.4, 0.5) is 0 Å². The van der Waals surface area contributed by atoms with E-state index in [1.807, 2.05) is 37.4 Å². The van der Waals surface area contributed by atoms with E-state index in [0.29, 0.717) is 5.92 Å². The van der Waals surface area contributed by atoms with Crippen LogP contribution in [-0.4, -0.2) is 37.8 Å². The Kier molecular flexibility index (Phi) is 4.89. The first-order valence-electron chi connectivity index (χ1n) is 11.5. The van der Waals surface area contributed by atoms with Crippen molar-refractivity contribution in [2.24, 2.45) is 0 Å². The van der Waals surface area contributed by atoms with Crippen LogP contribution < -0.4 is 5.32 Å². The third kappa shape index (κ3) is 3.53. The van der Waals surface area contributed by atoms with Crippen LogP contribution >= 0.6 is 0 Å². The summed E-state index contributed by atoms with van der Waals surface area (Å²) in [4.78, 5) is 4.62. The molecule has 0 spiro atoms. The lowest BCUT2D eigenvalue weighted by molar-refractivity contribution is 0.436. The minimum Gasteiger partial charge on any atom is -0.507 e. The number of imidazole rings is 1. The third-order valence-electron chi connectivity index (χ3n) is 6.56. The number of phenolic OH excluding ortho intramolecular Hbond substituents is 1. The van der Waals surface area contributed by atoms with E-state index in [2.05, 4.69) is 68.4 Å². The highest BCUT2D eigenvalue weighted by molar-refractivity contribution is 5.88. The van der Waals surface area contributed by atoms with Crippen molar-refractivity contribution in [3.8, 4) is 39.3 Å². The summed E-state index contributed by atoms with van der Waals surface area (Å²) in [6.45, 7) is 5.99. The van der Waals surface area contributed by atoms with Crippen molar-refractivity contribution in [2.45, 2.75) is 19.8 Å². The monoisotopic (exact) mass is 447 g/mol. The largest absolute Gasteiger partial charge is 0.507 e. The van der Waals surface area contributed by atoms with Crippen molar-refractivity contribution in [1.29, 1.82) is 0 Å². The number of nitrogens with zero attached hydrogens (tertiary/aromatic N) is 4. The topological polar surface area (TPSA) is 75.3 Å². The van der Waals surface area contributed by atoms with Gasteiger partial charge < -0.3 is 14.8 Å². The van der Waals surface area contributed by atoms with Crippen LogP contribution in [-0.2, 0) is 0 Å². The molecule has 34 heavy (non-hydrogen) atoms. The van der Waals surface area contributed by atoms with Gasteiger partial charge in [0, 0.05) is 42.5 Å². The number of nitrogens with one attached hydrogen (secondary N) is 1. The van der Waals surface area contributed by atoms with E-state index in [-0.39, 0.29) is 5.75 Å². The predicted molar refractivity (Wildman–Crippen MR) is 134 cm³/mol. The Morgan fingerprint density at radius 2 is 1.71 bits per heavy atom. The number of rotatable bonds is 4. The summed E-state index contributed by atoms with van der Waals surface area (Å²) in [6.07, 6.45) is 4.14. The van der Waals surface area contributed by atoms with Gasteiger partial charge in [-0.2, -0.15) is 10.2 Å². The fraction of sp³-hybridized carbons (Fsp3) is 0.179. The van der Waals surface area contributed by atoms with E-state index >= 15 is 0 Å². The van der Waals surface area contributed by atoms with Crippen molar-refractivity contribution < 1.29 is 5.11 Å². The summed E-state index contributed by atoms with van der Waals surface area (Å²) < 4.78 is 2.08. The van der Waals surface area contributed by atoms with Crippen molar-refractivity contribution in [3.63, 3.8) is 0 Å². The lowest BCUT2D eigenvalue weighted by Gasteiger charge is -2.26. The average Bonchev–Trinajstić information content (AvgIpc) is 3.19. The van der Waals surface area contributed by atoms with Crippen LogP contribution in [0.25, 0.3) is 39.2 Å². The van der Waals surface area contributed by atoms with Crippen molar-refractivity contribution in [1.82, 2.24) is 24.9 Å². The zero-order chi connectivity index (χ0) is 23.2. The van der Waals surface area contributed by atoms with Gasteiger partial charge in [0.15, 0.2) is 0 Å². The van der Waals surface area contributed by atoms with Crippen LogP contribution in [0.15, 0.2) is 73.1 Å². The minimum absolute atomic E-state index is 0.239. The number of hydrogen-bond acceptors (Lipinski definition) is 5. The van der Waals surface area contributed by atoms with E-state index in [9.17, 15) is 5.11 Å². The smallest absolute Gasteiger partial charge is 0.139 e. The molecule has 0 amide bonds. The molecular weight excluding hydrogens is 422 g/mol. The van der Waals surface area contributed by atoms with Gasteiger partial charge >= 0.3 is 0 Å². The molecule has 0 bridgehead atoms. The molecule has 1 saturated heterocycles. The standard InChI is InChI=1S/C28H25N5O/c1-17-11-20(16-33-15-18(2)30-28(17)33)19-7-8-22(24(12-19)23-5-3-4-6-27(23)34)26-10-9-25(31-32-26)21-13-29-14-21/h3-12,15-16,21,29,34H,13-14H2,1-2H3. The molecular formula is C28H25N5O. The first-order valence-corrected chi connectivity index (χ1v) is 11.5. The molecule has 1 aliphatic rings. The molecule has 168 valence electrons. The summed E-state index contributed by atoms with van der Waals surface area (Å²) in [5.41, 5.74) is 9.65. The van der Waals surface area contributed by atoms with E-state index in [4.69, 9.17) is 0 Å². The Morgan fingerprint density at radius 1 is 0.853 bits per heavy atom. The van der Waals surface area contributed by atoms with Crippen molar-refractivity contribution >= 4 is 5.65 Å². The summed E-state index contributed by atoms with van der Waals surface area (Å²) in [6, 6.07) is 20.0. The molecule has 0 radical (unpaired) electrons.